The van der Waals surface area contributed by atoms with Crippen LogP contribution in [0.2, 0.25) is 0 Å². The summed E-state index contributed by atoms with van der Waals surface area (Å²) in [6.45, 7) is 3.48. The first-order valence-corrected chi connectivity index (χ1v) is 10.2. The molecule has 2 atom stereocenters. The number of halogens is 1. The Morgan fingerprint density at radius 3 is 2.62 bits per heavy atom. The average Bonchev–Trinajstić information content (AvgIpc) is 2.82. The molecule has 1 N–H and O–H groups in total. The van der Waals surface area contributed by atoms with Crippen molar-refractivity contribution >= 4 is 11.7 Å². The minimum Gasteiger partial charge on any atom is -0.619 e. The summed E-state index contributed by atoms with van der Waals surface area (Å²) < 4.78 is 25.1. The molecule has 1 aliphatic rings. The highest BCUT2D eigenvalue weighted by atomic mass is 19.1. The van der Waals surface area contributed by atoms with Crippen molar-refractivity contribution in [1.82, 2.24) is 9.88 Å². The number of carbonyl (C=O) groups excluding carboxylic acids is 1. The van der Waals surface area contributed by atoms with Crippen molar-refractivity contribution < 1.29 is 23.4 Å². The summed E-state index contributed by atoms with van der Waals surface area (Å²) in [5.74, 6) is 0.843. The lowest BCUT2D eigenvalue weighted by Crippen LogP contribution is -2.48. The quantitative estimate of drug-likeness (QED) is 0.470. The minimum atomic E-state index is -0.397. The molecule has 3 aromatic rings. The molecule has 1 fully saturated rings. The van der Waals surface area contributed by atoms with Gasteiger partial charge >= 0.3 is 0 Å². The molecule has 1 aliphatic heterocycles. The molecule has 1 saturated heterocycles. The third-order valence-electron chi connectivity index (χ3n) is 5.26. The number of rotatable bonds is 6. The average molecular weight is 438 g/mol. The predicted molar refractivity (Wildman–Crippen MR) is 114 cm³/mol. The molecule has 0 saturated carbocycles. The lowest BCUT2D eigenvalue weighted by Gasteiger charge is -2.36. The molecule has 2 unspecified atom stereocenters. The van der Waals surface area contributed by atoms with E-state index >= 15 is 0 Å². The van der Waals surface area contributed by atoms with E-state index in [1.54, 1.807) is 24.3 Å². The number of benzene rings is 1. The van der Waals surface area contributed by atoms with Gasteiger partial charge in [0.25, 0.3) is 0 Å². The molecule has 8 nitrogen and oxygen atoms in total. The number of carbonyl (C=O) groups is 1. The standard InChI is InChI=1S/C23H23FN4O4/c1-16(27-12-13-31-21(15-27)17-8-10-28(30)11-9-17)23(29)26-22-7-6-20(14-25-22)32-19-4-2-18(24)3-5-19/h2-11,14,16,21H,12-13,15H2,1H3,(H,25,26,29). The lowest BCUT2D eigenvalue weighted by atomic mass is 10.1. The van der Waals surface area contributed by atoms with Crippen molar-refractivity contribution in [2.24, 2.45) is 0 Å². The fourth-order valence-electron chi connectivity index (χ4n) is 3.41. The number of morpholine rings is 1. The van der Waals surface area contributed by atoms with E-state index < -0.39 is 6.04 Å². The highest BCUT2D eigenvalue weighted by Crippen LogP contribution is 2.24. The van der Waals surface area contributed by atoms with Crippen molar-refractivity contribution in [3.63, 3.8) is 0 Å². The van der Waals surface area contributed by atoms with Gasteiger partial charge in [0.1, 0.15) is 23.1 Å². The minimum absolute atomic E-state index is 0.184. The van der Waals surface area contributed by atoms with Crippen LogP contribution >= 0.6 is 0 Å². The molecular weight excluding hydrogens is 415 g/mol. The molecule has 1 amide bonds. The van der Waals surface area contributed by atoms with Gasteiger partial charge in [0.05, 0.1) is 24.9 Å². The topological polar surface area (TPSA) is 90.6 Å². The summed E-state index contributed by atoms with van der Waals surface area (Å²) >= 11 is 0. The summed E-state index contributed by atoms with van der Waals surface area (Å²) in [4.78, 5) is 19.0. The Bertz CT molecular complexity index is 1050. The van der Waals surface area contributed by atoms with Crippen LogP contribution in [0.1, 0.15) is 18.6 Å². The fraction of sp³-hybridized carbons (Fsp3) is 0.261. The number of pyridine rings is 2. The highest BCUT2D eigenvalue weighted by Gasteiger charge is 2.29. The van der Waals surface area contributed by atoms with Gasteiger partial charge in [0.2, 0.25) is 5.91 Å². The largest absolute Gasteiger partial charge is 0.619 e. The smallest absolute Gasteiger partial charge is 0.242 e. The Kier molecular flexibility index (Phi) is 6.58. The summed E-state index contributed by atoms with van der Waals surface area (Å²) in [6.07, 6.45) is 4.15. The summed E-state index contributed by atoms with van der Waals surface area (Å²) in [7, 11) is 0. The Hall–Kier alpha value is -3.56. The number of ether oxygens (including phenoxy) is 2. The Labute approximate surface area is 184 Å². The van der Waals surface area contributed by atoms with Gasteiger partial charge in [-0.15, -0.1) is 0 Å². The van der Waals surface area contributed by atoms with Crippen LogP contribution in [-0.4, -0.2) is 41.5 Å². The van der Waals surface area contributed by atoms with E-state index in [4.69, 9.17) is 9.47 Å². The molecule has 166 valence electrons. The van der Waals surface area contributed by atoms with Crippen LogP contribution in [0.4, 0.5) is 10.2 Å². The van der Waals surface area contributed by atoms with Gasteiger partial charge in [0.15, 0.2) is 12.4 Å². The van der Waals surface area contributed by atoms with Gasteiger partial charge in [-0.1, -0.05) is 0 Å². The second-order valence-electron chi connectivity index (χ2n) is 7.45. The first kappa shape index (κ1) is 21.7. The van der Waals surface area contributed by atoms with Gasteiger partial charge in [-0.3, -0.25) is 9.69 Å². The first-order valence-electron chi connectivity index (χ1n) is 10.2. The molecule has 0 spiro atoms. The molecule has 4 rings (SSSR count). The van der Waals surface area contributed by atoms with Crippen LogP contribution < -0.4 is 14.8 Å². The van der Waals surface area contributed by atoms with Gasteiger partial charge in [-0.05, 0) is 48.9 Å². The van der Waals surface area contributed by atoms with E-state index in [2.05, 4.69) is 10.3 Å². The maximum absolute atomic E-state index is 13.0. The molecule has 0 bridgehead atoms. The van der Waals surface area contributed by atoms with Crippen molar-refractivity contribution in [2.75, 3.05) is 25.0 Å². The number of nitrogens with one attached hydrogen (secondary N) is 1. The van der Waals surface area contributed by atoms with Crippen LogP contribution in [-0.2, 0) is 9.53 Å². The zero-order valence-electron chi connectivity index (χ0n) is 17.5. The van der Waals surface area contributed by atoms with Crippen LogP contribution in [0.25, 0.3) is 0 Å². The third kappa shape index (κ3) is 5.37. The molecule has 32 heavy (non-hydrogen) atoms. The molecular formula is C23H23FN4O4. The van der Waals surface area contributed by atoms with E-state index in [1.165, 1.54) is 42.9 Å². The Balaban J connectivity index is 1.33. The van der Waals surface area contributed by atoms with Crippen molar-refractivity contribution in [3.8, 4) is 11.5 Å². The van der Waals surface area contributed by atoms with E-state index in [1.807, 2.05) is 11.8 Å². The van der Waals surface area contributed by atoms with E-state index in [-0.39, 0.29) is 17.8 Å². The van der Waals surface area contributed by atoms with Crippen LogP contribution in [0.15, 0.2) is 67.1 Å². The normalized spacial score (nSPS) is 17.5. The number of amides is 1. The van der Waals surface area contributed by atoms with E-state index in [9.17, 15) is 14.4 Å². The first-order chi connectivity index (χ1) is 15.5. The monoisotopic (exact) mass is 438 g/mol. The van der Waals surface area contributed by atoms with Gasteiger partial charge in [0, 0.05) is 25.2 Å². The summed E-state index contributed by atoms with van der Waals surface area (Å²) in [5.41, 5.74) is 0.896. The predicted octanol–water partition coefficient (Wildman–Crippen LogP) is 3.05. The molecule has 0 aliphatic carbocycles. The summed E-state index contributed by atoms with van der Waals surface area (Å²) in [6, 6.07) is 12.1. The zero-order chi connectivity index (χ0) is 22.5. The van der Waals surface area contributed by atoms with E-state index in [0.29, 0.717) is 37.0 Å². The van der Waals surface area contributed by atoms with Gasteiger partial charge < -0.3 is 20.0 Å². The number of hydrogen-bond donors (Lipinski definition) is 1. The second-order valence-corrected chi connectivity index (χ2v) is 7.45. The highest BCUT2D eigenvalue weighted by molar-refractivity contribution is 5.93. The molecule has 9 heteroatoms. The fourth-order valence-corrected chi connectivity index (χ4v) is 3.41. The Morgan fingerprint density at radius 1 is 1.22 bits per heavy atom. The van der Waals surface area contributed by atoms with Crippen molar-refractivity contribution in [3.05, 3.63) is 83.7 Å². The van der Waals surface area contributed by atoms with Crippen molar-refractivity contribution in [2.45, 2.75) is 19.1 Å². The van der Waals surface area contributed by atoms with Crippen LogP contribution in [0.5, 0.6) is 11.5 Å². The molecule has 1 aromatic carbocycles. The SMILES string of the molecule is CC(C(=O)Nc1ccc(Oc2ccc(F)cc2)cn1)N1CCOC(c2cc[n+]([O-])cc2)C1. The number of aromatic nitrogens is 2. The maximum Gasteiger partial charge on any atom is 0.242 e. The number of nitrogens with zero attached hydrogens (tertiary/aromatic N) is 3. The third-order valence-corrected chi connectivity index (χ3v) is 5.26. The second kappa shape index (κ2) is 9.71. The van der Waals surface area contributed by atoms with Gasteiger partial charge in [-0.25, -0.2) is 9.37 Å². The van der Waals surface area contributed by atoms with Crippen molar-refractivity contribution in [1.29, 1.82) is 0 Å². The molecule has 0 radical (unpaired) electrons. The Morgan fingerprint density at radius 2 is 1.94 bits per heavy atom. The maximum atomic E-state index is 13.0. The molecule has 3 heterocycles. The summed E-state index contributed by atoms with van der Waals surface area (Å²) in [5, 5.41) is 14.1. The zero-order valence-corrected chi connectivity index (χ0v) is 17.5. The van der Waals surface area contributed by atoms with E-state index in [0.717, 1.165) is 10.3 Å². The lowest BCUT2D eigenvalue weighted by molar-refractivity contribution is -0.605. The van der Waals surface area contributed by atoms with Gasteiger partial charge in [-0.2, -0.15) is 4.73 Å². The van der Waals surface area contributed by atoms with Crippen LogP contribution in [0.3, 0.4) is 0 Å². The molecule has 2 aromatic heterocycles. The number of hydrogen-bond acceptors (Lipinski definition) is 6. The van der Waals surface area contributed by atoms with Crippen LogP contribution in [0, 0.1) is 11.0 Å². The number of anilines is 1.